The molecule has 3 aromatic rings. The molecule has 3 rings (SSSR count). The van der Waals surface area contributed by atoms with Crippen LogP contribution in [0.5, 0.6) is 0 Å². The topological polar surface area (TPSA) is 216 Å². The smallest absolute Gasteiger partial charge is 0.243 e. The molecule has 0 fully saturated rings. The maximum absolute atomic E-state index is 13.9. The van der Waals surface area contributed by atoms with Crippen molar-refractivity contribution in [1.29, 1.82) is 5.41 Å². The van der Waals surface area contributed by atoms with Crippen LogP contribution in [0.15, 0.2) is 89.9 Å². The maximum Gasteiger partial charge on any atom is 0.243 e. The number of guanidine groups is 1. The number of benzene rings is 3. The molecule has 0 spiro atoms. The van der Waals surface area contributed by atoms with Crippen molar-refractivity contribution in [2.75, 3.05) is 6.54 Å². The molecule has 0 radical (unpaired) electrons. The summed E-state index contributed by atoms with van der Waals surface area (Å²) >= 11 is 0. The molecule has 11 nitrogen and oxygen atoms in total. The lowest BCUT2D eigenvalue weighted by Gasteiger charge is -2.25. The number of hydrogen-bond acceptors (Lipinski definition) is 5. The SMILES string of the molecule is N=C(N)c1ccc(CC(C(=O)N[C@@H](CCc2ccccc2)C(=O)N[C@@H](CCCN=C(N)N)C(N)=O)c2ccccc2)cc1. The summed E-state index contributed by atoms with van der Waals surface area (Å²) in [6.07, 6.45) is 1.84. The minimum Gasteiger partial charge on any atom is -0.384 e. The lowest BCUT2D eigenvalue weighted by Crippen LogP contribution is -2.53. The van der Waals surface area contributed by atoms with E-state index < -0.39 is 29.8 Å². The number of carbonyl (C=O) groups excluding carboxylic acids is 3. The van der Waals surface area contributed by atoms with E-state index >= 15 is 0 Å². The Morgan fingerprint density at radius 1 is 0.721 bits per heavy atom. The van der Waals surface area contributed by atoms with Crippen LogP contribution in [-0.2, 0) is 27.2 Å². The Morgan fingerprint density at radius 3 is 1.91 bits per heavy atom. The number of nitrogens with one attached hydrogen (secondary N) is 3. The lowest BCUT2D eigenvalue weighted by molar-refractivity contribution is -0.132. The standard InChI is InChI=1S/C32H40N8O3/c33-28(34)24-16-13-22(14-17-24)20-25(23-10-5-2-6-11-23)30(42)40-27(18-15-21-8-3-1-4-9-21)31(43)39-26(29(35)41)12-7-19-38-32(36)37/h1-6,8-11,13-14,16-17,25-27H,7,12,15,18-20H2,(H3,33,34)(H2,35,41)(H,39,43)(H,40,42)(H4,36,37,38)/t25?,26-,27-/m0/s1. The van der Waals surface area contributed by atoms with Crippen LogP contribution in [0.25, 0.3) is 0 Å². The van der Waals surface area contributed by atoms with Gasteiger partial charge in [-0.05, 0) is 48.8 Å². The zero-order chi connectivity index (χ0) is 31.2. The minimum atomic E-state index is -0.956. The Balaban J connectivity index is 1.82. The molecule has 0 aliphatic heterocycles. The van der Waals surface area contributed by atoms with Crippen molar-refractivity contribution >= 4 is 29.5 Å². The van der Waals surface area contributed by atoms with Gasteiger partial charge in [-0.2, -0.15) is 0 Å². The first-order chi connectivity index (χ1) is 20.6. The van der Waals surface area contributed by atoms with Crippen molar-refractivity contribution in [1.82, 2.24) is 10.6 Å². The van der Waals surface area contributed by atoms with Gasteiger partial charge in [0.25, 0.3) is 0 Å². The summed E-state index contributed by atoms with van der Waals surface area (Å²) in [7, 11) is 0. The van der Waals surface area contributed by atoms with Gasteiger partial charge in [0.05, 0.1) is 5.92 Å². The van der Waals surface area contributed by atoms with Crippen LogP contribution >= 0.6 is 0 Å². The molecule has 0 heterocycles. The second-order valence-corrected chi connectivity index (χ2v) is 10.3. The number of nitrogens with zero attached hydrogens (tertiary/aromatic N) is 1. The third-order valence-electron chi connectivity index (χ3n) is 7.03. The first kappa shape index (κ1) is 32.3. The van der Waals surface area contributed by atoms with Crippen molar-refractivity contribution in [2.45, 2.75) is 50.1 Å². The van der Waals surface area contributed by atoms with Gasteiger partial charge in [0, 0.05) is 12.1 Å². The third kappa shape index (κ3) is 10.6. The molecular weight excluding hydrogens is 544 g/mol. The second-order valence-electron chi connectivity index (χ2n) is 10.3. The monoisotopic (exact) mass is 584 g/mol. The highest BCUT2D eigenvalue weighted by molar-refractivity contribution is 5.95. The van der Waals surface area contributed by atoms with Crippen LogP contribution in [0.3, 0.4) is 0 Å². The van der Waals surface area contributed by atoms with E-state index in [1.54, 1.807) is 12.1 Å². The van der Waals surface area contributed by atoms with E-state index in [1.807, 2.05) is 72.8 Å². The normalized spacial score (nSPS) is 12.7. The number of aryl methyl sites for hydroxylation is 1. The van der Waals surface area contributed by atoms with E-state index in [1.165, 1.54) is 0 Å². The maximum atomic E-state index is 13.9. The molecule has 0 saturated carbocycles. The summed E-state index contributed by atoms with van der Waals surface area (Å²) in [4.78, 5) is 43.5. The van der Waals surface area contributed by atoms with Gasteiger partial charge in [0.1, 0.15) is 17.9 Å². The van der Waals surface area contributed by atoms with Crippen LogP contribution in [0.4, 0.5) is 0 Å². The highest BCUT2D eigenvalue weighted by Gasteiger charge is 2.29. The van der Waals surface area contributed by atoms with Gasteiger partial charge in [-0.1, -0.05) is 84.9 Å². The Labute approximate surface area is 251 Å². The predicted molar refractivity (Wildman–Crippen MR) is 168 cm³/mol. The van der Waals surface area contributed by atoms with Gasteiger partial charge in [-0.15, -0.1) is 0 Å². The molecule has 43 heavy (non-hydrogen) atoms. The molecule has 3 atom stereocenters. The minimum absolute atomic E-state index is 0.0401. The summed E-state index contributed by atoms with van der Waals surface area (Å²) in [6, 6.07) is 24.2. The molecule has 0 aromatic heterocycles. The van der Waals surface area contributed by atoms with E-state index in [2.05, 4.69) is 15.6 Å². The molecule has 226 valence electrons. The van der Waals surface area contributed by atoms with Crippen LogP contribution in [0.2, 0.25) is 0 Å². The largest absolute Gasteiger partial charge is 0.384 e. The summed E-state index contributed by atoms with van der Waals surface area (Å²) in [5.41, 5.74) is 25.2. The molecule has 0 saturated heterocycles. The lowest BCUT2D eigenvalue weighted by atomic mass is 9.90. The average Bonchev–Trinajstić information content (AvgIpc) is 3.00. The van der Waals surface area contributed by atoms with Gasteiger partial charge in [-0.25, -0.2) is 0 Å². The summed E-state index contributed by atoms with van der Waals surface area (Å²) in [5.74, 6) is -2.25. The molecule has 11 N–H and O–H groups in total. The number of amidine groups is 1. The number of nitrogens with two attached hydrogens (primary N) is 4. The van der Waals surface area contributed by atoms with E-state index in [-0.39, 0.29) is 30.7 Å². The van der Waals surface area contributed by atoms with E-state index in [0.717, 1.165) is 16.7 Å². The van der Waals surface area contributed by atoms with Crippen molar-refractivity contribution in [2.24, 2.45) is 27.9 Å². The highest BCUT2D eigenvalue weighted by atomic mass is 16.2. The van der Waals surface area contributed by atoms with Crippen molar-refractivity contribution in [3.05, 3.63) is 107 Å². The molecule has 0 bridgehead atoms. The van der Waals surface area contributed by atoms with Crippen molar-refractivity contribution in [3.63, 3.8) is 0 Å². The Hall–Kier alpha value is -5.19. The summed E-state index contributed by atoms with van der Waals surface area (Å²) in [6.45, 7) is 0.280. The molecule has 11 heteroatoms. The molecule has 0 aliphatic carbocycles. The summed E-state index contributed by atoms with van der Waals surface area (Å²) in [5, 5.41) is 13.3. The quantitative estimate of drug-likeness (QED) is 0.0750. The van der Waals surface area contributed by atoms with Crippen molar-refractivity contribution in [3.8, 4) is 0 Å². The first-order valence-corrected chi connectivity index (χ1v) is 14.1. The van der Waals surface area contributed by atoms with Gasteiger partial charge in [-0.3, -0.25) is 24.8 Å². The fraction of sp³-hybridized carbons (Fsp3) is 0.281. The van der Waals surface area contributed by atoms with E-state index in [9.17, 15) is 14.4 Å². The van der Waals surface area contributed by atoms with Crippen LogP contribution in [0, 0.1) is 5.41 Å². The Morgan fingerprint density at radius 2 is 1.33 bits per heavy atom. The highest BCUT2D eigenvalue weighted by Crippen LogP contribution is 2.22. The molecule has 3 amide bonds. The van der Waals surface area contributed by atoms with E-state index in [4.69, 9.17) is 28.3 Å². The van der Waals surface area contributed by atoms with Crippen LogP contribution < -0.4 is 33.6 Å². The third-order valence-corrected chi connectivity index (χ3v) is 7.03. The second kappa shape index (κ2) is 16.3. The number of primary amides is 1. The fourth-order valence-corrected chi connectivity index (χ4v) is 4.66. The Kier molecular flexibility index (Phi) is 12.3. The van der Waals surface area contributed by atoms with Crippen molar-refractivity contribution < 1.29 is 14.4 Å². The average molecular weight is 585 g/mol. The molecular formula is C32H40N8O3. The fourth-order valence-electron chi connectivity index (χ4n) is 4.66. The zero-order valence-corrected chi connectivity index (χ0v) is 24.0. The number of amides is 3. The predicted octanol–water partition coefficient (Wildman–Crippen LogP) is 1.44. The van der Waals surface area contributed by atoms with Gasteiger partial charge >= 0.3 is 0 Å². The number of aliphatic imine (C=N–C) groups is 1. The first-order valence-electron chi connectivity index (χ1n) is 14.1. The zero-order valence-electron chi connectivity index (χ0n) is 24.0. The molecule has 1 unspecified atom stereocenters. The van der Waals surface area contributed by atoms with Gasteiger partial charge < -0.3 is 33.6 Å². The van der Waals surface area contributed by atoms with Crippen LogP contribution in [0.1, 0.15) is 47.4 Å². The summed E-state index contributed by atoms with van der Waals surface area (Å²) < 4.78 is 0. The number of hydrogen-bond donors (Lipinski definition) is 7. The molecule has 3 aromatic carbocycles. The Bertz CT molecular complexity index is 1390. The van der Waals surface area contributed by atoms with Gasteiger partial charge in [0.15, 0.2) is 5.96 Å². The van der Waals surface area contributed by atoms with Crippen LogP contribution in [-0.4, -0.2) is 48.1 Å². The van der Waals surface area contributed by atoms with Gasteiger partial charge in [0.2, 0.25) is 17.7 Å². The molecule has 0 aliphatic rings. The van der Waals surface area contributed by atoms with E-state index in [0.29, 0.717) is 31.2 Å². The number of rotatable bonds is 16. The number of nitrogen functional groups attached to an aromatic ring is 1. The number of carbonyl (C=O) groups is 3.